The Kier molecular flexibility index (Phi) is 7.02. The normalized spacial score (nSPS) is 11.2. The van der Waals surface area contributed by atoms with Gasteiger partial charge in [-0.1, -0.05) is 66.4 Å². The highest BCUT2D eigenvalue weighted by Crippen LogP contribution is 2.29. The molecule has 3 rings (SSSR count). The van der Waals surface area contributed by atoms with Crippen LogP contribution in [0, 0.1) is 0 Å². The summed E-state index contributed by atoms with van der Waals surface area (Å²) in [6.45, 7) is -0.131. The fourth-order valence-corrected chi connectivity index (χ4v) is 3.54. The van der Waals surface area contributed by atoms with E-state index in [0.717, 1.165) is 10.5 Å². The predicted octanol–water partition coefficient (Wildman–Crippen LogP) is 2.82. The third-order valence-electron chi connectivity index (χ3n) is 3.84. The van der Waals surface area contributed by atoms with Crippen molar-refractivity contribution in [2.45, 2.75) is 16.7 Å². The monoisotopic (exact) mass is 396 g/mol. The molecular weight excluding hydrogens is 376 g/mol. The summed E-state index contributed by atoms with van der Waals surface area (Å²) in [6, 6.07) is 19.1. The van der Waals surface area contributed by atoms with E-state index >= 15 is 0 Å². The van der Waals surface area contributed by atoms with Gasteiger partial charge in [0, 0.05) is 4.90 Å². The van der Waals surface area contributed by atoms with Gasteiger partial charge in [0.25, 0.3) is 5.56 Å². The van der Waals surface area contributed by atoms with Crippen molar-refractivity contribution >= 4 is 23.9 Å². The first-order valence-electron chi connectivity index (χ1n) is 8.71. The third kappa shape index (κ3) is 5.10. The lowest BCUT2D eigenvalue weighted by Gasteiger charge is -2.14. The van der Waals surface area contributed by atoms with Gasteiger partial charge >= 0.3 is 5.69 Å². The molecule has 0 saturated heterocycles. The van der Waals surface area contributed by atoms with E-state index in [1.54, 1.807) is 6.08 Å². The Labute approximate surface area is 166 Å². The summed E-state index contributed by atoms with van der Waals surface area (Å²) in [4.78, 5) is 28.2. The summed E-state index contributed by atoms with van der Waals surface area (Å²) in [5, 5.41) is 9.42. The van der Waals surface area contributed by atoms with Crippen LogP contribution in [0.4, 0.5) is 0 Å². The molecule has 2 N–H and O–H groups in total. The van der Waals surface area contributed by atoms with E-state index in [1.165, 1.54) is 16.3 Å². The summed E-state index contributed by atoms with van der Waals surface area (Å²) in [6.07, 6.45) is 3.52. The van der Waals surface area contributed by atoms with Crippen LogP contribution in [0.25, 0.3) is 12.2 Å². The minimum absolute atomic E-state index is 0.0719. The van der Waals surface area contributed by atoms with Crippen LogP contribution in [-0.2, 0) is 11.5 Å². The van der Waals surface area contributed by atoms with Gasteiger partial charge in [-0.25, -0.2) is 4.79 Å². The molecule has 1 heterocycles. The second-order valence-electron chi connectivity index (χ2n) is 5.83. The molecule has 7 heteroatoms. The Morgan fingerprint density at radius 1 is 1.00 bits per heavy atom. The number of aliphatic hydroxyl groups excluding tert-OH is 1. The SMILES string of the molecule is O=c1[nH]c(=O)n(COCCO)c(Sc2ccccc2)c1/C=C/c1ccccc1. The number of hydrogen-bond acceptors (Lipinski definition) is 5. The van der Waals surface area contributed by atoms with Gasteiger partial charge in [0.05, 0.1) is 23.8 Å². The number of aromatic amines is 1. The van der Waals surface area contributed by atoms with Crippen LogP contribution in [-0.4, -0.2) is 27.9 Å². The lowest BCUT2D eigenvalue weighted by molar-refractivity contribution is 0.0412. The first-order valence-corrected chi connectivity index (χ1v) is 9.52. The average Bonchev–Trinajstić information content (AvgIpc) is 2.71. The molecule has 0 aliphatic rings. The molecule has 0 amide bonds. The molecule has 144 valence electrons. The number of hydrogen-bond donors (Lipinski definition) is 2. The van der Waals surface area contributed by atoms with Gasteiger partial charge in [0.15, 0.2) is 0 Å². The minimum Gasteiger partial charge on any atom is -0.394 e. The van der Waals surface area contributed by atoms with Crippen LogP contribution >= 0.6 is 11.8 Å². The Morgan fingerprint density at radius 3 is 2.36 bits per heavy atom. The molecule has 2 aromatic carbocycles. The first kappa shape index (κ1) is 19.9. The topological polar surface area (TPSA) is 84.3 Å². The summed E-state index contributed by atoms with van der Waals surface area (Å²) < 4.78 is 6.70. The molecule has 0 aliphatic heterocycles. The summed E-state index contributed by atoms with van der Waals surface area (Å²) in [5.41, 5.74) is 0.281. The molecule has 0 unspecified atom stereocenters. The maximum absolute atomic E-state index is 12.5. The first-order chi connectivity index (χ1) is 13.7. The summed E-state index contributed by atoms with van der Waals surface area (Å²) in [7, 11) is 0. The molecule has 3 aromatic rings. The number of benzene rings is 2. The van der Waals surface area contributed by atoms with E-state index in [4.69, 9.17) is 9.84 Å². The van der Waals surface area contributed by atoms with Crippen molar-refractivity contribution in [1.82, 2.24) is 9.55 Å². The van der Waals surface area contributed by atoms with Gasteiger partial charge in [0.1, 0.15) is 6.73 Å². The molecule has 0 spiro atoms. The zero-order valence-corrected chi connectivity index (χ0v) is 15.9. The quantitative estimate of drug-likeness (QED) is 0.452. The van der Waals surface area contributed by atoms with Crippen molar-refractivity contribution in [2.75, 3.05) is 13.2 Å². The van der Waals surface area contributed by atoms with Crippen molar-refractivity contribution in [2.24, 2.45) is 0 Å². The third-order valence-corrected chi connectivity index (χ3v) is 4.98. The van der Waals surface area contributed by atoms with Gasteiger partial charge in [-0.15, -0.1) is 0 Å². The van der Waals surface area contributed by atoms with E-state index < -0.39 is 11.2 Å². The largest absolute Gasteiger partial charge is 0.394 e. The van der Waals surface area contributed by atoms with Crippen LogP contribution in [0.3, 0.4) is 0 Å². The fraction of sp³-hybridized carbons (Fsp3) is 0.143. The summed E-state index contributed by atoms with van der Waals surface area (Å²) >= 11 is 1.31. The zero-order chi connectivity index (χ0) is 19.8. The average molecular weight is 396 g/mol. The maximum atomic E-state index is 12.5. The van der Waals surface area contributed by atoms with Gasteiger partial charge in [-0.05, 0) is 23.8 Å². The molecular formula is C21H20N2O4S. The van der Waals surface area contributed by atoms with Crippen molar-refractivity contribution < 1.29 is 9.84 Å². The Hall–Kier alpha value is -2.87. The van der Waals surface area contributed by atoms with Crippen LogP contribution < -0.4 is 11.2 Å². The Morgan fingerprint density at radius 2 is 1.68 bits per heavy atom. The number of aromatic nitrogens is 2. The number of nitrogens with one attached hydrogen (secondary N) is 1. The second-order valence-corrected chi connectivity index (χ2v) is 6.89. The lowest BCUT2D eigenvalue weighted by atomic mass is 10.2. The number of aliphatic hydroxyl groups is 1. The number of ether oxygens (including phenoxy) is 1. The Bertz CT molecular complexity index is 1040. The molecule has 1 aromatic heterocycles. The Balaban J connectivity index is 2.07. The zero-order valence-electron chi connectivity index (χ0n) is 15.1. The van der Waals surface area contributed by atoms with E-state index in [9.17, 15) is 9.59 Å². The smallest absolute Gasteiger partial charge is 0.331 e. The van der Waals surface area contributed by atoms with Crippen molar-refractivity contribution in [3.05, 3.63) is 92.6 Å². The highest BCUT2D eigenvalue weighted by Gasteiger charge is 2.15. The van der Waals surface area contributed by atoms with Crippen LogP contribution in [0.5, 0.6) is 0 Å². The molecule has 0 atom stereocenters. The molecule has 0 radical (unpaired) electrons. The number of rotatable bonds is 8. The van der Waals surface area contributed by atoms with Gasteiger partial charge in [0.2, 0.25) is 0 Å². The molecule has 6 nitrogen and oxygen atoms in total. The molecule has 0 saturated carbocycles. The summed E-state index contributed by atoms with van der Waals surface area (Å²) in [5.74, 6) is 0. The van der Waals surface area contributed by atoms with Crippen molar-refractivity contribution in [3.63, 3.8) is 0 Å². The van der Waals surface area contributed by atoms with E-state index in [0.29, 0.717) is 10.6 Å². The van der Waals surface area contributed by atoms with Crippen LogP contribution in [0.2, 0.25) is 0 Å². The van der Waals surface area contributed by atoms with E-state index in [2.05, 4.69) is 4.98 Å². The standard InChI is InChI=1S/C21H20N2O4S/c24-13-14-27-15-23-20(28-17-9-5-2-6-10-17)18(19(25)22-21(23)26)12-11-16-7-3-1-4-8-16/h1-12,24H,13-15H2,(H,22,25,26)/b12-11+. The maximum Gasteiger partial charge on any atom is 0.331 e. The molecule has 28 heavy (non-hydrogen) atoms. The van der Waals surface area contributed by atoms with E-state index in [1.807, 2.05) is 66.7 Å². The van der Waals surface area contributed by atoms with Crippen molar-refractivity contribution in [1.29, 1.82) is 0 Å². The molecule has 0 fully saturated rings. The second kappa shape index (κ2) is 9.89. The number of H-pyrrole nitrogens is 1. The lowest BCUT2D eigenvalue weighted by Crippen LogP contribution is -2.33. The molecule has 0 aliphatic carbocycles. The fourth-order valence-electron chi connectivity index (χ4n) is 2.51. The van der Waals surface area contributed by atoms with Gasteiger partial charge in [-0.2, -0.15) is 0 Å². The molecule has 0 bridgehead atoms. The van der Waals surface area contributed by atoms with Crippen LogP contribution in [0.1, 0.15) is 11.1 Å². The van der Waals surface area contributed by atoms with Crippen molar-refractivity contribution in [3.8, 4) is 0 Å². The van der Waals surface area contributed by atoms with Crippen LogP contribution in [0.15, 0.2) is 80.2 Å². The number of nitrogens with zero attached hydrogens (tertiary/aromatic N) is 1. The van der Waals surface area contributed by atoms with Gasteiger partial charge in [-0.3, -0.25) is 14.3 Å². The highest BCUT2D eigenvalue weighted by atomic mass is 32.2. The minimum atomic E-state index is -0.557. The van der Waals surface area contributed by atoms with Gasteiger partial charge < -0.3 is 9.84 Å². The predicted molar refractivity (Wildman–Crippen MR) is 110 cm³/mol. The highest BCUT2D eigenvalue weighted by molar-refractivity contribution is 7.99. The van der Waals surface area contributed by atoms with E-state index in [-0.39, 0.29) is 19.9 Å².